The molecule has 1 unspecified atom stereocenters. The maximum atomic E-state index is 12.8. The molecule has 27 heavy (non-hydrogen) atoms. The number of rotatable bonds is 5. The summed E-state index contributed by atoms with van der Waals surface area (Å²) >= 11 is 0. The molecule has 0 bridgehead atoms. The monoisotopic (exact) mass is 367 g/mol. The molecule has 4 nitrogen and oxygen atoms in total. The predicted octanol–water partition coefficient (Wildman–Crippen LogP) is 3.91. The number of likely N-dealkylation sites (tertiary alicyclic amines) is 1. The number of hydrogen-bond acceptors (Lipinski definition) is 3. The van der Waals surface area contributed by atoms with Crippen LogP contribution < -0.4 is 4.74 Å². The predicted molar refractivity (Wildman–Crippen MR) is 107 cm³/mol. The molecule has 2 aromatic rings. The highest BCUT2D eigenvalue weighted by Gasteiger charge is 2.36. The number of aryl methyl sites for hydroxylation is 3. The molecular weight excluding hydrogens is 338 g/mol. The molecule has 1 N–H and O–H groups in total. The number of amides is 1. The van der Waals surface area contributed by atoms with E-state index in [0.717, 1.165) is 24.2 Å². The lowest BCUT2D eigenvalue weighted by Crippen LogP contribution is -2.53. The average molecular weight is 367 g/mol. The zero-order valence-electron chi connectivity index (χ0n) is 16.5. The zero-order chi connectivity index (χ0) is 19.4. The fraction of sp³-hybridized carbons (Fsp3) is 0.435. The summed E-state index contributed by atoms with van der Waals surface area (Å²) in [6.45, 7) is 7.35. The van der Waals surface area contributed by atoms with Crippen LogP contribution in [0, 0.1) is 13.8 Å². The van der Waals surface area contributed by atoms with Crippen LogP contribution >= 0.6 is 0 Å². The van der Waals surface area contributed by atoms with Crippen LogP contribution in [0.4, 0.5) is 0 Å². The molecule has 1 amide bonds. The maximum absolute atomic E-state index is 12.8. The summed E-state index contributed by atoms with van der Waals surface area (Å²) < 4.78 is 5.86. The highest BCUT2D eigenvalue weighted by atomic mass is 16.5. The van der Waals surface area contributed by atoms with Gasteiger partial charge in [0.25, 0.3) is 5.91 Å². The minimum absolute atomic E-state index is 0.0260. The van der Waals surface area contributed by atoms with Gasteiger partial charge in [0.05, 0.1) is 6.54 Å². The maximum Gasteiger partial charge on any atom is 0.253 e. The number of β-amino-alcohol motifs (C(OH)–C–C–N with tert-alkyl or cyclic N) is 1. The quantitative estimate of drug-likeness (QED) is 0.872. The summed E-state index contributed by atoms with van der Waals surface area (Å²) in [5.74, 6) is 0.729. The van der Waals surface area contributed by atoms with Crippen LogP contribution in [0.5, 0.6) is 5.75 Å². The topological polar surface area (TPSA) is 49.8 Å². The Kier molecular flexibility index (Phi) is 5.85. The van der Waals surface area contributed by atoms with E-state index in [4.69, 9.17) is 4.74 Å². The van der Waals surface area contributed by atoms with Gasteiger partial charge in [-0.05, 0) is 74.1 Å². The minimum atomic E-state index is -1.02. The van der Waals surface area contributed by atoms with Gasteiger partial charge in [0.15, 0.2) is 0 Å². The second kappa shape index (κ2) is 8.13. The molecule has 0 radical (unpaired) electrons. The van der Waals surface area contributed by atoms with Crippen molar-refractivity contribution in [2.45, 2.75) is 45.6 Å². The van der Waals surface area contributed by atoms with Crippen LogP contribution in [0.2, 0.25) is 0 Å². The van der Waals surface area contributed by atoms with Crippen LogP contribution in [-0.4, -0.2) is 41.2 Å². The average Bonchev–Trinajstić information content (AvgIpc) is 2.68. The van der Waals surface area contributed by atoms with Crippen LogP contribution in [0.15, 0.2) is 42.5 Å². The first-order valence-corrected chi connectivity index (χ1v) is 9.71. The second-order valence-electron chi connectivity index (χ2n) is 7.64. The first-order chi connectivity index (χ1) is 12.9. The molecule has 1 atom stereocenters. The molecule has 0 aromatic heterocycles. The Balaban J connectivity index is 1.64. The molecule has 3 rings (SSSR count). The summed E-state index contributed by atoms with van der Waals surface area (Å²) in [6.07, 6.45) is 2.36. The normalized spacial score (nSPS) is 19.8. The third kappa shape index (κ3) is 4.69. The van der Waals surface area contributed by atoms with Crippen LogP contribution in [0.1, 0.15) is 46.8 Å². The van der Waals surface area contributed by atoms with Gasteiger partial charge < -0.3 is 14.7 Å². The van der Waals surface area contributed by atoms with Gasteiger partial charge in [-0.25, -0.2) is 0 Å². The molecule has 1 aliphatic heterocycles. The molecule has 0 spiro atoms. The Hall–Kier alpha value is -2.33. The number of hydrogen-bond donors (Lipinski definition) is 1. The SMILES string of the molecule is CCc1ccc(C(=O)N2CCCC(O)(COc3ccc(C)c(C)c3)C2)cc1. The fourth-order valence-electron chi connectivity index (χ4n) is 3.49. The molecule has 1 fully saturated rings. The molecule has 1 heterocycles. The molecule has 0 aliphatic carbocycles. The lowest BCUT2D eigenvalue weighted by atomic mass is 9.93. The molecule has 0 saturated carbocycles. The highest BCUT2D eigenvalue weighted by Crippen LogP contribution is 2.25. The lowest BCUT2D eigenvalue weighted by Gasteiger charge is -2.39. The van der Waals surface area contributed by atoms with Crippen LogP contribution in [0.25, 0.3) is 0 Å². The molecule has 144 valence electrons. The second-order valence-corrected chi connectivity index (χ2v) is 7.64. The van der Waals surface area contributed by atoms with Gasteiger partial charge in [-0.3, -0.25) is 4.79 Å². The third-order valence-electron chi connectivity index (χ3n) is 5.44. The lowest BCUT2D eigenvalue weighted by molar-refractivity contribution is -0.0532. The molecule has 1 aliphatic rings. The number of carbonyl (C=O) groups is 1. The van der Waals surface area contributed by atoms with Gasteiger partial charge in [0, 0.05) is 12.1 Å². The van der Waals surface area contributed by atoms with E-state index in [9.17, 15) is 9.90 Å². The molecule has 2 aromatic carbocycles. The summed E-state index contributed by atoms with van der Waals surface area (Å²) in [7, 11) is 0. The highest BCUT2D eigenvalue weighted by molar-refractivity contribution is 5.94. The van der Waals surface area contributed by atoms with Crippen LogP contribution in [0.3, 0.4) is 0 Å². The zero-order valence-corrected chi connectivity index (χ0v) is 16.5. The Morgan fingerprint density at radius 2 is 1.89 bits per heavy atom. The van der Waals surface area contributed by atoms with Gasteiger partial charge in [-0.2, -0.15) is 0 Å². The Morgan fingerprint density at radius 3 is 2.56 bits per heavy atom. The largest absolute Gasteiger partial charge is 0.491 e. The van der Waals surface area contributed by atoms with E-state index in [-0.39, 0.29) is 12.5 Å². The van der Waals surface area contributed by atoms with E-state index in [2.05, 4.69) is 13.8 Å². The van der Waals surface area contributed by atoms with Gasteiger partial charge >= 0.3 is 0 Å². The van der Waals surface area contributed by atoms with E-state index in [1.54, 1.807) is 4.90 Å². The Labute approximate surface area is 161 Å². The Bertz CT molecular complexity index is 800. The number of nitrogens with zero attached hydrogens (tertiary/aromatic N) is 1. The van der Waals surface area contributed by atoms with Gasteiger partial charge in [-0.1, -0.05) is 25.1 Å². The first-order valence-electron chi connectivity index (χ1n) is 9.71. The van der Waals surface area contributed by atoms with E-state index in [0.29, 0.717) is 25.1 Å². The van der Waals surface area contributed by atoms with Crippen molar-refractivity contribution < 1.29 is 14.6 Å². The summed E-state index contributed by atoms with van der Waals surface area (Å²) in [5.41, 5.74) is 3.24. The molecule has 1 saturated heterocycles. The standard InChI is InChI=1S/C23H29NO3/c1-4-19-7-9-20(10-8-19)22(25)24-13-5-12-23(26,15-24)16-27-21-11-6-17(2)18(3)14-21/h6-11,14,26H,4-5,12-13,15-16H2,1-3H3. The van der Waals surface area contributed by atoms with Crippen molar-refractivity contribution in [1.82, 2.24) is 4.90 Å². The summed E-state index contributed by atoms with van der Waals surface area (Å²) in [4.78, 5) is 14.6. The van der Waals surface area contributed by atoms with Crippen molar-refractivity contribution in [2.75, 3.05) is 19.7 Å². The molecule has 4 heteroatoms. The van der Waals surface area contributed by atoms with Crippen molar-refractivity contribution in [3.63, 3.8) is 0 Å². The number of carbonyl (C=O) groups excluding carboxylic acids is 1. The van der Waals surface area contributed by atoms with Gasteiger partial charge in [0.1, 0.15) is 18.0 Å². The summed E-state index contributed by atoms with van der Waals surface area (Å²) in [5, 5.41) is 11.0. The van der Waals surface area contributed by atoms with Crippen molar-refractivity contribution in [3.05, 3.63) is 64.7 Å². The van der Waals surface area contributed by atoms with E-state index in [1.165, 1.54) is 11.1 Å². The van der Waals surface area contributed by atoms with Crippen LogP contribution in [-0.2, 0) is 6.42 Å². The number of ether oxygens (including phenoxy) is 1. The van der Waals surface area contributed by atoms with E-state index < -0.39 is 5.60 Å². The fourth-order valence-corrected chi connectivity index (χ4v) is 3.49. The van der Waals surface area contributed by atoms with E-state index in [1.807, 2.05) is 49.4 Å². The van der Waals surface area contributed by atoms with Crippen molar-refractivity contribution in [2.24, 2.45) is 0 Å². The smallest absolute Gasteiger partial charge is 0.253 e. The van der Waals surface area contributed by atoms with Crippen molar-refractivity contribution in [1.29, 1.82) is 0 Å². The van der Waals surface area contributed by atoms with Crippen molar-refractivity contribution >= 4 is 5.91 Å². The van der Waals surface area contributed by atoms with Gasteiger partial charge in [0.2, 0.25) is 0 Å². The molecular formula is C23H29NO3. The minimum Gasteiger partial charge on any atom is -0.491 e. The third-order valence-corrected chi connectivity index (χ3v) is 5.44. The van der Waals surface area contributed by atoms with Crippen molar-refractivity contribution in [3.8, 4) is 5.75 Å². The first kappa shape index (κ1) is 19.4. The summed E-state index contributed by atoms with van der Waals surface area (Å²) in [6, 6.07) is 13.7. The van der Waals surface area contributed by atoms with Gasteiger partial charge in [-0.15, -0.1) is 0 Å². The number of piperidine rings is 1. The number of aliphatic hydroxyl groups is 1. The van der Waals surface area contributed by atoms with E-state index >= 15 is 0 Å². The number of benzene rings is 2. The Morgan fingerprint density at radius 1 is 1.15 bits per heavy atom.